The average Bonchev–Trinajstić information content (AvgIpc) is 2.47. The first kappa shape index (κ1) is 14.6. The van der Waals surface area contributed by atoms with Crippen LogP contribution >= 0.6 is 11.6 Å². The van der Waals surface area contributed by atoms with Crippen molar-refractivity contribution in [3.8, 4) is 5.75 Å². The Morgan fingerprint density at radius 2 is 2.20 bits per heavy atom. The molecule has 0 spiro atoms. The van der Waals surface area contributed by atoms with Gasteiger partial charge in [0.25, 0.3) is 0 Å². The van der Waals surface area contributed by atoms with Gasteiger partial charge in [0, 0.05) is 17.4 Å². The lowest BCUT2D eigenvalue weighted by Gasteiger charge is -2.18. The first-order valence-corrected chi connectivity index (χ1v) is 7.03. The van der Waals surface area contributed by atoms with Crippen molar-refractivity contribution in [1.29, 1.82) is 0 Å². The molecule has 0 saturated heterocycles. The normalized spacial score (nSPS) is 11.9. The molecule has 0 amide bonds. The monoisotopic (exact) mass is 291 g/mol. The van der Waals surface area contributed by atoms with Crippen molar-refractivity contribution in [1.82, 2.24) is 9.97 Å². The van der Waals surface area contributed by atoms with Gasteiger partial charge in [0.2, 0.25) is 0 Å². The highest BCUT2D eigenvalue weighted by molar-refractivity contribution is 6.30. The van der Waals surface area contributed by atoms with E-state index in [4.69, 9.17) is 16.3 Å². The number of anilines is 1. The maximum absolute atomic E-state index is 6.06. The zero-order chi connectivity index (χ0) is 14.4. The van der Waals surface area contributed by atoms with Gasteiger partial charge in [-0.1, -0.05) is 18.5 Å². The molecule has 0 aliphatic heterocycles. The molecule has 4 nitrogen and oxygen atoms in total. The third-order valence-corrected chi connectivity index (χ3v) is 3.04. The second kappa shape index (κ2) is 7.10. The summed E-state index contributed by atoms with van der Waals surface area (Å²) in [6.45, 7) is 4.77. The van der Waals surface area contributed by atoms with Gasteiger partial charge in [0.05, 0.1) is 30.2 Å². The van der Waals surface area contributed by atoms with Crippen molar-refractivity contribution in [2.24, 2.45) is 0 Å². The number of aromatic nitrogens is 2. The van der Waals surface area contributed by atoms with E-state index in [1.807, 2.05) is 25.1 Å². The lowest BCUT2D eigenvalue weighted by molar-refractivity contribution is 0.318. The molecule has 0 bridgehead atoms. The number of hydrogen-bond donors (Lipinski definition) is 1. The molecule has 5 heteroatoms. The average molecular weight is 292 g/mol. The summed E-state index contributed by atoms with van der Waals surface area (Å²) in [5.74, 6) is 0.798. The Morgan fingerprint density at radius 1 is 1.35 bits per heavy atom. The van der Waals surface area contributed by atoms with Gasteiger partial charge in [0.15, 0.2) is 0 Å². The molecule has 1 unspecified atom stereocenters. The molecule has 2 aromatic rings. The fraction of sp³-hybridized carbons (Fsp3) is 0.333. The summed E-state index contributed by atoms with van der Waals surface area (Å²) in [6, 6.07) is 5.58. The lowest BCUT2D eigenvalue weighted by Crippen LogP contribution is -2.10. The van der Waals surface area contributed by atoms with Crippen LogP contribution in [0.4, 0.5) is 5.69 Å². The zero-order valence-corrected chi connectivity index (χ0v) is 12.4. The SMILES string of the molecule is CCCOc1ccc(Cl)cc1NC(C)c1cnccn1. The number of hydrogen-bond acceptors (Lipinski definition) is 4. The van der Waals surface area contributed by atoms with Crippen LogP contribution in [0.1, 0.15) is 32.0 Å². The van der Waals surface area contributed by atoms with E-state index in [2.05, 4.69) is 22.2 Å². The van der Waals surface area contributed by atoms with E-state index in [-0.39, 0.29) is 6.04 Å². The minimum Gasteiger partial charge on any atom is -0.491 e. The van der Waals surface area contributed by atoms with Crippen LogP contribution in [-0.4, -0.2) is 16.6 Å². The fourth-order valence-corrected chi connectivity index (χ4v) is 1.97. The molecular weight excluding hydrogens is 274 g/mol. The van der Waals surface area contributed by atoms with E-state index in [0.717, 1.165) is 23.6 Å². The van der Waals surface area contributed by atoms with E-state index < -0.39 is 0 Å². The van der Waals surface area contributed by atoms with Crippen LogP contribution in [0.25, 0.3) is 0 Å². The molecule has 0 fully saturated rings. The highest BCUT2D eigenvalue weighted by Crippen LogP contribution is 2.30. The van der Waals surface area contributed by atoms with Gasteiger partial charge >= 0.3 is 0 Å². The second-order valence-corrected chi connectivity index (χ2v) is 4.92. The third-order valence-electron chi connectivity index (χ3n) is 2.80. The van der Waals surface area contributed by atoms with Crippen molar-refractivity contribution < 1.29 is 4.74 Å². The molecule has 106 valence electrons. The Bertz CT molecular complexity index is 548. The predicted molar refractivity (Wildman–Crippen MR) is 81.3 cm³/mol. The summed E-state index contributed by atoms with van der Waals surface area (Å²) in [6.07, 6.45) is 6.04. The maximum atomic E-state index is 6.06. The van der Waals surface area contributed by atoms with E-state index >= 15 is 0 Å². The van der Waals surface area contributed by atoms with Gasteiger partial charge in [-0.2, -0.15) is 0 Å². The Hall–Kier alpha value is -1.81. The molecule has 0 aliphatic rings. The number of nitrogens with zero attached hydrogens (tertiary/aromatic N) is 2. The highest BCUT2D eigenvalue weighted by atomic mass is 35.5. The third kappa shape index (κ3) is 3.84. The van der Waals surface area contributed by atoms with Crippen molar-refractivity contribution >= 4 is 17.3 Å². The van der Waals surface area contributed by atoms with E-state index in [1.165, 1.54) is 0 Å². The molecule has 0 aliphatic carbocycles. The summed E-state index contributed by atoms with van der Waals surface area (Å²) >= 11 is 6.06. The maximum Gasteiger partial charge on any atom is 0.142 e. The van der Waals surface area contributed by atoms with Crippen LogP contribution in [0, 0.1) is 0 Å². The highest BCUT2D eigenvalue weighted by Gasteiger charge is 2.11. The fourth-order valence-electron chi connectivity index (χ4n) is 1.79. The Morgan fingerprint density at radius 3 is 2.90 bits per heavy atom. The van der Waals surface area contributed by atoms with Crippen molar-refractivity contribution in [3.63, 3.8) is 0 Å². The van der Waals surface area contributed by atoms with Crippen LogP contribution in [0.15, 0.2) is 36.8 Å². The standard InChI is InChI=1S/C15H18ClN3O/c1-3-8-20-15-5-4-12(16)9-13(15)19-11(2)14-10-17-6-7-18-14/h4-7,9-11,19H,3,8H2,1-2H3. The summed E-state index contributed by atoms with van der Waals surface area (Å²) in [7, 11) is 0. The minimum absolute atomic E-state index is 0.0196. The van der Waals surface area contributed by atoms with Crippen molar-refractivity contribution in [2.45, 2.75) is 26.3 Å². The van der Waals surface area contributed by atoms with Crippen molar-refractivity contribution in [2.75, 3.05) is 11.9 Å². The van der Waals surface area contributed by atoms with Crippen LogP contribution < -0.4 is 10.1 Å². The number of ether oxygens (including phenoxy) is 1. The van der Waals surface area contributed by atoms with E-state index in [1.54, 1.807) is 18.6 Å². The smallest absolute Gasteiger partial charge is 0.142 e. The Kier molecular flexibility index (Phi) is 5.18. The second-order valence-electron chi connectivity index (χ2n) is 4.49. The van der Waals surface area contributed by atoms with Gasteiger partial charge in [0.1, 0.15) is 5.75 Å². The van der Waals surface area contributed by atoms with Crippen LogP contribution in [-0.2, 0) is 0 Å². The lowest BCUT2D eigenvalue weighted by atomic mass is 10.2. The largest absolute Gasteiger partial charge is 0.491 e. The molecule has 20 heavy (non-hydrogen) atoms. The first-order valence-electron chi connectivity index (χ1n) is 6.65. The quantitative estimate of drug-likeness (QED) is 0.871. The minimum atomic E-state index is 0.0196. The van der Waals surface area contributed by atoms with Gasteiger partial charge in [-0.25, -0.2) is 0 Å². The summed E-state index contributed by atoms with van der Waals surface area (Å²) in [4.78, 5) is 8.37. The zero-order valence-electron chi connectivity index (χ0n) is 11.6. The molecule has 1 aromatic heterocycles. The number of rotatable bonds is 6. The Labute approximate surface area is 124 Å². The first-order chi connectivity index (χ1) is 9.70. The molecule has 1 aromatic carbocycles. The molecule has 1 atom stereocenters. The number of halogens is 1. The summed E-state index contributed by atoms with van der Waals surface area (Å²) in [5.41, 5.74) is 1.73. The van der Waals surface area contributed by atoms with Gasteiger partial charge < -0.3 is 10.1 Å². The van der Waals surface area contributed by atoms with Gasteiger partial charge in [-0.15, -0.1) is 0 Å². The van der Waals surface area contributed by atoms with Crippen LogP contribution in [0.5, 0.6) is 5.75 Å². The Balaban J connectivity index is 2.17. The number of nitrogens with one attached hydrogen (secondary N) is 1. The molecular formula is C15H18ClN3O. The predicted octanol–water partition coefficient (Wildman–Crippen LogP) is 4.09. The molecule has 1 N–H and O–H groups in total. The summed E-state index contributed by atoms with van der Waals surface area (Å²) < 4.78 is 5.72. The number of benzene rings is 1. The van der Waals surface area contributed by atoms with E-state index in [9.17, 15) is 0 Å². The van der Waals surface area contributed by atoms with Gasteiger partial charge in [-0.3, -0.25) is 9.97 Å². The van der Waals surface area contributed by atoms with Crippen LogP contribution in [0.2, 0.25) is 5.02 Å². The summed E-state index contributed by atoms with van der Waals surface area (Å²) in [5, 5.41) is 4.03. The van der Waals surface area contributed by atoms with Crippen molar-refractivity contribution in [3.05, 3.63) is 47.5 Å². The van der Waals surface area contributed by atoms with Gasteiger partial charge in [-0.05, 0) is 31.5 Å². The molecule has 2 rings (SSSR count). The van der Waals surface area contributed by atoms with E-state index in [0.29, 0.717) is 11.6 Å². The molecule has 0 radical (unpaired) electrons. The molecule has 1 heterocycles. The topological polar surface area (TPSA) is 47.0 Å². The van der Waals surface area contributed by atoms with Crippen LogP contribution in [0.3, 0.4) is 0 Å². The molecule has 0 saturated carbocycles.